The minimum Gasteiger partial charge on any atom is -0.394 e. The zero-order chi connectivity index (χ0) is 6.69. The Kier molecular flexibility index (Phi) is 2.45. The Hall–Kier alpha value is -0.120. The number of ether oxygens (including phenoxy) is 2. The van der Waals surface area contributed by atoms with Gasteiger partial charge >= 0.3 is 0 Å². The Morgan fingerprint density at radius 3 is 3.00 bits per heavy atom. The molecule has 0 aromatic carbocycles. The molecule has 2 atom stereocenters. The van der Waals surface area contributed by atoms with E-state index in [0.29, 0.717) is 12.7 Å². The maximum Gasteiger partial charge on any atom is 0.104 e. The van der Waals surface area contributed by atoms with E-state index >= 15 is 0 Å². The number of aliphatic hydroxyl groups excluding tert-OH is 1. The fourth-order valence-electron chi connectivity index (χ4n) is 0.489. The molecule has 1 aliphatic rings. The summed E-state index contributed by atoms with van der Waals surface area (Å²) in [5.74, 6) is 0. The van der Waals surface area contributed by atoms with Crippen molar-refractivity contribution in [3.05, 3.63) is 0 Å². The standard InChI is InChI=1S/C6H12O3/c1-5(2-7)8-3-6-4-9-6/h5-7H,2-4H2,1H3/t5-,6+/m1/s1. The van der Waals surface area contributed by atoms with Crippen LogP contribution in [0.2, 0.25) is 0 Å². The lowest BCUT2D eigenvalue weighted by Gasteiger charge is -2.06. The van der Waals surface area contributed by atoms with Gasteiger partial charge in [0.25, 0.3) is 0 Å². The fraction of sp³-hybridized carbons (Fsp3) is 1.00. The molecule has 0 aromatic rings. The first-order valence-electron chi connectivity index (χ1n) is 3.17. The lowest BCUT2D eigenvalue weighted by atomic mass is 10.4. The van der Waals surface area contributed by atoms with Crippen molar-refractivity contribution in [2.75, 3.05) is 19.8 Å². The maximum absolute atomic E-state index is 8.50. The Morgan fingerprint density at radius 1 is 1.89 bits per heavy atom. The average molecular weight is 132 g/mol. The topological polar surface area (TPSA) is 42.0 Å². The number of epoxide rings is 1. The van der Waals surface area contributed by atoms with Crippen LogP contribution in [-0.4, -0.2) is 37.1 Å². The molecule has 0 bridgehead atoms. The predicted molar refractivity (Wildman–Crippen MR) is 32.2 cm³/mol. The lowest BCUT2D eigenvalue weighted by Crippen LogP contribution is -2.15. The van der Waals surface area contributed by atoms with Gasteiger partial charge in [-0.2, -0.15) is 0 Å². The van der Waals surface area contributed by atoms with Crippen LogP contribution in [0, 0.1) is 0 Å². The maximum atomic E-state index is 8.50. The molecule has 0 aliphatic carbocycles. The highest BCUT2D eigenvalue weighted by Crippen LogP contribution is 2.09. The van der Waals surface area contributed by atoms with Crippen molar-refractivity contribution in [2.45, 2.75) is 19.1 Å². The molecular weight excluding hydrogens is 120 g/mol. The van der Waals surface area contributed by atoms with Crippen molar-refractivity contribution in [3.8, 4) is 0 Å². The Balaban J connectivity index is 1.90. The first-order valence-corrected chi connectivity index (χ1v) is 3.17. The van der Waals surface area contributed by atoms with Crippen LogP contribution < -0.4 is 0 Å². The number of hydrogen-bond acceptors (Lipinski definition) is 3. The van der Waals surface area contributed by atoms with Crippen molar-refractivity contribution in [1.29, 1.82) is 0 Å². The van der Waals surface area contributed by atoms with Crippen LogP contribution in [0.3, 0.4) is 0 Å². The molecule has 1 saturated heterocycles. The number of aliphatic hydroxyl groups is 1. The van der Waals surface area contributed by atoms with Crippen molar-refractivity contribution < 1.29 is 14.6 Å². The molecule has 1 aliphatic heterocycles. The summed E-state index contributed by atoms with van der Waals surface area (Å²) in [6.45, 7) is 3.37. The van der Waals surface area contributed by atoms with Gasteiger partial charge in [0, 0.05) is 0 Å². The lowest BCUT2D eigenvalue weighted by molar-refractivity contribution is 0.0174. The molecule has 3 heteroatoms. The molecule has 0 aromatic heterocycles. The molecule has 0 unspecified atom stereocenters. The molecule has 0 amide bonds. The molecular formula is C6H12O3. The van der Waals surface area contributed by atoms with Crippen LogP contribution in [0.5, 0.6) is 0 Å². The molecule has 3 nitrogen and oxygen atoms in total. The van der Waals surface area contributed by atoms with Gasteiger partial charge in [0.2, 0.25) is 0 Å². The molecule has 54 valence electrons. The van der Waals surface area contributed by atoms with Crippen molar-refractivity contribution in [3.63, 3.8) is 0 Å². The van der Waals surface area contributed by atoms with Crippen LogP contribution in [0.25, 0.3) is 0 Å². The van der Waals surface area contributed by atoms with E-state index in [2.05, 4.69) is 0 Å². The third kappa shape index (κ3) is 2.79. The summed E-state index contributed by atoms with van der Waals surface area (Å²) in [6.07, 6.45) is 0.258. The molecule has 1 N–H and O–H groups in total. The summed E-state index contributed by atoms with van der Waals surface area (Å²) in [6, 6.07) is 0. The minimum atomic E-state index is -0.0470. The van der Waals surface area contributed by atoms with E-state index in [1.165, 1.54) is 0 Å². The van der Waals surface area contributed by atoms with Gasteiger partial charge < -0.3 is 14.6 Å². The van der Waals surface area contributed by atoms with Crippen molar-refractivity contribution >= 4 is 0 Å². The van der Waals surface area contributed by atoms with E-state index in [1.54, 1.807) is 0 Å². The van der Waals surface area contributed by atoms with E-state index in [4.69, 9.17) is 14.6 Å². The van der Waals surface area contributed by atoms with Gasteiger partial charge in [0.05, 0.1) is 25.9 Å². The van der Waals surface area contributed by atoms with Gasteiger partial charge in [0.15, 0.2) is 0 Å². The van der Waals surface area contributed by atoms with E-state index in [0.717, 1.165) is 6.61 Å². The second-order valence-corrected chi connectivity index (χ2v) is 2.28. The van der Waals surface area contributed by atoms with E-state index in [1.807, 2.05) is 6.92 Å². The van der Waals surface area contributed by atoms with Gasteiger partial charge in [-0.05, 0) is 6.92 Å². The summed E-state index contributed by atoms with van der Waals surface area (Å²) in [4.78, 5) is 0. The van der Waals surface area contributed by atoms with Crippen LogP contribution >= 0.6 is 0 Å². The monoisotopic (exact) mass is 132 g/mol. The van der Waals surface area contributed by atoms with Crippen LogP contribution in [-0.2, 0) is 9.47 Å². The largest absolute Gasteiger partial charge is 0.394 e. The molecule has 1 fully saturated rings. The third-order valence-corrected chi connectivity index (χ3v) is 1.23. The summed E-state index contributed by atoms with van der Waals surface area (Å²) in [7, 11) is 0. The van der Waals surface area contributed by atoms with Crippen molar-refractivity contribution in [1.82, 2.24) is 0 Å². The molecule has 9 heavy (non-hydrogen) atoms. The quantitative estimate of drug-likeness (QED) is 0.538. The fourth-order valence-corrected chi connectivity index (χ4v) is 0.489. The van der Waals surface area contributed by atoms with Gasteiger partial charge in [-0.3, -0.25) is 0 Å². The zero-order valence-electron chi connectivity index (χ0n) is 5.54. The van der Waals surface area contributed by atoms with Crippen LogP contribution in [0.15, 0.2) is 0 Å². The van der Waals surface area contributed by atoms with Gasteiger partial charge in [-0.1, -0.05) is 0 Å². The summed E-state index contributed by atoms with van der Waals surface area (Å²) in [5.41, 5.74) is 0. The smallest absolute Gasteiger partial charge is 0.104 e. The van der Waals surface area contributed by atoms with E-state index in [-0.39, 0.29) is 12.7 Å². The van der Waals surface area contributed by atoms with Crippen molar-refractivity contribution in [2.24, 2.45) is 0 Å². The zero-order valence-corrected chi connectivity index (χ0v) is 5.54. The normalized spacial score (nSPS) is 28.0. The average Bonchev–Trinajstić information content (AvgIpc) is 2.65. The summed E-state index contributed by atoms with van der Waals surface area (Å²) >= 11 is 0. The van der Waals surface area contributed by atoms with E-state index < -0.39 is 0 Å². The van der Waals surface area contributed by atoms with Gasteiger partial charge in [-0.15, -0.1) is 0 Å². The summed E-state index contributed by atoms with van der Waals surface area (Å²) in [5, 5.41) is 8.50. The highest BCUT2D eigenvalue weighted by molar-refractivity contribution is 4.67. The molecule has 1 heterocycles. The number of rotatable bonds is 4. The van der Waals surface area contributed by atoms with Gasteiger partial charge in [-0.25, -0.2) is 0 Å². The summed E-state index contributed by atoms with van der Waals surface area (Å²) < 4.78 is 10.0. The van der Waals surface area contributed by atoms with Gasteiger partial charge in [0.1, 0.15) is 6.10 Å². The second-order valence-electron chi connectivity index (χ2n) is 2.28. The molecule has 0 radical (unpaired) electrons. The molecule has 0 spiro atoms. The molecule has 0 saturated carbocycles. The second kappa shape index (κ2) is 3.15. The Labute approximate surface area is 54.6 Å². The van der Waals surface area contributed by atoms with Crippen LogP contribution in [0.4, 0.5) is 0 Å². The number of hydrogen-bond donors (Lipinski definition) is 1. The third-order valence-electron chi connectivity index (χ3n) is 1.23. The predicted octanol–water partition coefficient (Wildman–Crippen LogP) is -0.217. The SMILES string of the molecule is C[C@H](CO)OC[C@H]1CO1. The minimum absolute atomic E-state index is 0.0470. The highest BCUT2D eigenvalue weighted by atomic mass is 16.6. The highest BCUT2D eigenvalue weighted by Gasteiger charge is 2.22. The molecule has 1 rings (SSSR count). The Bertz CT molecular complexity index is 80.4. The first kappa shape index (κ1) is 6.99. The Morgan fingerprint density at radius 2 is 2.56 bits per heavy atom. The van der Waals surface area contributed by atoms with E-state index in [9.17, 15) is 0 Å². The first-order chi connectivity index (χ1) is 4.33. The van der Waals surface area contributed by atoms with Crippen LogP contribution in [0.1, 0.15) is 6.92 Å².